The Morgan fingerprint density at radius 2 is 0.327 bits per heavy atom. The third kappa shape index (κ3) is 44.1. The number of rotatable bonds is 44. The summed E-state index contributed by atoms with van der Waals surface area (Å²) in [5.74, 6) is 1.91. The Labute approximate surface area is 314 Å². The highest BCUT2D eigenvalue weighted by atomic mass is 14.1. The normalized spacial score (nSPS) is 13.0. The van der Waals surface area contributed by atoms with Crippen LogP contribution in [0.25, 0.3) is 0 Å². The molecule has 0 spiro atoms. The van der Waals surface area contributed by atoms with Gasteiger partial charge in [0.15, 0.2) is 0 Å². The van der Waals surface area contributed by atoms with Gasteiger partial charge in [0.25, 0.3) is 0 Å². The molecule has 0 heteroatoms. The van der Waals surface area contributed by atoms with Crippen molar-refractivity contribution in [3.05, 3.63) is 0 Å². The molecule has 2 atom stereocenters. The first-order valence-corrected chi connectivity index (χ1v) is 24.2. The van der Waals surface area contributed by atoms with E-state index in [9.17, 15) is 0 Å². The molecule has 0 amide bonds. The van der Waals surface area contributed by atoms with E-state index in [-0.39, 0.29) is 0 Å². The van der Waals surface area contributed by atoms with Gasteiger partial charge in [-0.15, -0.1) is 0 Å². The van der Waals surface area contributed by atoms with Gasteiger partial charge in [-0.05, 0) is 11.8 Å². The Morgan fingerprint density at radius 3 is 0.510 bits per heavy atom. The van der Waals surface area contributed by atoms with Crippen LogP contribution in [0.3, 0.4) is 0 Å². The fourth-order valence-corrected chi connectivity index (χ4v) is 8.25. The smallest absolute Gasteiger partial charge is 0.0443 e. The monoisotopic (exact) mass is 689 g/mol. The summed E-state index contributed by atoms with van der Waals surface area (Å²) in [4.78, 5) is 0. The Balaban J connectivity index is 3.20. The van der Waals surface area contributed by atoms with Crippen molar-refractivity contribution < 1.29 is 0 Å². The molecule has 0 nitrogen and oxygen atoms in total. The van der Waals surface area contributed by atoms with Crippen LogP contribution in [0, 0.1) is 11.8 Å². The average molecular weight is 689 g/mol. The Morgan fingerprint density at radius 1 is 0.184 bits per heavy atom. The molecule has 0 aliphatic carbocycles. The van der Waals surface area contributed by atoms with Crippen LogP contribution in [0.4, 0.5) is 0 Å². The molecule has 0 N–H and O–H groups in total. The van der Waals surface area contributed by atoms with Crippen LogP contribution in [0.5, 0.6) is 0 Å². The van der Waals surface area contributed by atoms with Gasteiger partial charge in [0, 0.05) is 0 Å². The fourth-order valence-electron chi connectivity index (χ4n) is 8.25. The average Bonchev–Trinajstić information content (AvgIpc) is 3.10. The second kappa shape index (κ2) is 44.2. The van der Waals surface area contributed by atoms with E-state index in [1.54, 1.807) is 0 Å². The molecule has 0 aliphatic heterocycles. The van der Waals surface area contributed by atoms with E-state index < -0.39 is 0 Å². The Bertz CT molecular complexity index is 550. The molecule has 0 aromatic heterocycles. The molecule has 0 aromatic carbocycles. The summed E-state index contributed by atoms with van der Waals surface area (Å²) in [6, 6.07) is 0. The minimum Gasteiger partial charge on any atom is -0.0654 e. The lowest BCUT2D eigenvalue weighted by Gasteiger charge is -2.14. The van der Waals surface area contributed by atoms with Crippen molar-refractivity contribution in [2.24, 2.45) is 11.8 Å². The highest BCUT2D eigenvalue weighted by Crippen LogP contribution is 2.22. The maximum Gasteiger partial charge on any atom is -0.0443 e. The van der Waals surface area contributed by atoms with Crippen LogP contribution >= 0.6 is 0 Å². The van der Waals surface area contributed by atoms with Crippen molar-refractivity contribution in [3.8, 4) is 0 Å². The van der Waals surface area contributed by atoms with Crippen molar-refractivity contribution in [1.82, 2.24) is 0 Å². The van der Waals surface area contributed by atoms with Gasteiger partial charge >= 0.3 is 0 Å². The number of unbranched alkanes of at least 4 members (excludes halogenated alkanes) is 36. The third-order valence-electron chi connectivity index (χ3n) is 12.0. The lowest BCUT2D eigenvalue weighted by molar-refractivity contribution is 0.390. The molecule has 49 heavy (non-hydrogen) atoms. The van der Waals surface area contributed by atoms with Crippen LogP contribution in [0.15, 0.2) is 0 Å². The van der Waals surface area contributed by atoms with Crippen molar-refractivity contribution in [3.63, 3.8) is 0 Å². The number of hydrogen-bond donors (Lipinski definition) is 0. The van der Waals surface area contributed by atoms with Gasteiger partial charge < -0.3 is 0 Å². The molecule has 0 bridgehead atoms. The molecular formula is C49H100. The van der Waals surface area contributed by atoms with Crippen LogP contribution in [-0.4, -0.2) is 0 Å². The van der Waals surface area contributed by atoms with Crippen LogP contribution < -0.4 is 0 Å². The van der Waals surface area contributed by atoms with Crippen LogP contribution in [-0.2, 0) is 0 Å². The van der Waals surface area contributed by atoms with E-state index in [0.717, 1.165) is 11.8 Å². The quantitative estimate of drug-likeness (QED) is 0.0559. The predicted octanol–water partition coefficient (Wildman–Crippen LogP) is 19.1. The summed E-state index contributed by atoms with van der Waals surface area (Å²) >= 11 is 0. The maximum absolute atomic E-state index is 2.52. The fraction of sp³-hybridized carbons (Fsp3) is 1.00. The number of hydrogen-bond acceptors (Lipinski definition) is 0. The molecule has 0 aliphatic rings. The molecule has 0 radical (unpaired) electrons. The largest absolute Gasteiger partial charge is 0.0654 e. The molecule has 0 saturated carbocycles. The first kappa shape index (κ1) is 49.0. The van der Waals surface area contributed by atoms with Crippen molar-refractivity contribution in [2.75, 3.05) is 0 Å². The first-order valence-electron chi connectivity index (χ1n) is 24.2. The minimum atomic E-state index is 0.952. The molecule has 0 rings (SSSR count). The summed E-state index contributed by atoms with van der Waals surface area (Å²) in [5.41, 5.74) is 0. The van der Waals surface area contributed by atoms with Crippen LogP contribution in [0.1, 0.15) is 304 Å². The van der Waals surface area contributed by atoms with E-state index in [1.807, 2.05) is 0 Å². The van der Waals surface area contributed by atoms with Gasteiger partial charge in [0.05, 0.1) is 0 Å². The summed E-state index contributed by atoms with van der Waals surface area (Å²) in [5, 5.41) is 0. The van der Waals surface area contributed by atoms with Gasteiger partial charge in [0.2, 0.25) is 0 Å². The van der Waals surface area contributed by atoms with E-state index >= 15 is 0 Å². The summed E-state index contributed by atoms with van der Waals surface area (Å²) in [6.45, 7) is 9.66. The molecule has 0 fully saturated rings. The summed E-state index contributed by atoms with van der Waals surface area (Å²) < 4.78 is 0. The topological polar surface area (TPSA) is 0 Å². The highest BCUT2D eigenvalue weighted by Gasteiger charge is 2.06. The Hall–Kier alpha value is 0. The highest BCUT2D eigenvalue weighted by molar-refractivity contribution is 4.60. The molecule has 296 valence electrons. The van der Waals surface area contributed by atoms with Crippen molar-refractivity contribution in [1.29, 1.82) is 0 Å². The summed E-state index contributed by atoms with van der Waals surface area (Å²) in [7, 11) is 0. The van der Waals surface area contributed by atoms with Crippen LogP contribution in [0.2, 0.25) is 0 Å². The molecule has 0 heterocycles. The van der Waals surface area contributed by atoms with Crippen molar-refractivity contribution >= 4 is 0 Å². The maximum atomic E-state index is 2.52. The molecule has 0 saturated heterocycles. The lowest BCUT2D eigenvalue weighted by atomic mass is 9.92. The molecule has 2 unspecified atom stereocenters. The third-order valence-corrected chi connectivity index (χ3v) is 12.0. The van der Waals surface area contributed by atoms with Gasteiger partial charge in [-0.3, -0.25) is 0 Å². The zero-order valence-electron chi connectivity index (χ0n) is 35.6. The lowest BCUT2D eigenvalue weighted by Crippen LogP contribution is -1.99. The molecule has 0 aromatic rings. The second-order valence-corrected chi connectivity index (χ2v) is 17.4. The standard InChI is InChI=1S/C49H100/c1-5-7-9-11-13-15-17-18-19-20-21-22-23-24-25-26-27-28-29-30-31-32-33-34-36-38-40-42-45-49(4)47-43-46-48(3)44-41-39-37-35-16-14-12-10-8-6-2/h48-49H,5-47H2,1-4H3. The minimum absolute atomic E-state index is 0.952. The second-order valence-electron chi connectivity index (χ2n) is 17.4. The first-order chi connectivity index (χ1) is 24.2. The van der Waals surface area contributed by atoms with Gasteiger partial charge in [0.1, 0.15) is 0 Å². The molecular weight excluding hydrogens is 589 g/mol. The summed E-state index contributed by atoms with van der Waals surface area (Å²) in [6.07, 6.45) is 63.6. The van der Waals surface area contributed by atoms with E-state index in [2.05, 4.69) is 27.7 Å². The van der Waals surface area contributed by atoms with Gasteiger partial charge in [-0.2, -0.15) is 0 Å². The van der Waals surface area contributed by atoms with Crippen molar-refractivity contribution in [2.45, 2.75) is 304 Å². The zero-order valence-corrected chi connectivity index (χ0v) is 35.6. The SMILES string of the molecule is CCCCCCCCCCCCCCCCCCCCCCCCCCCCCCC(C)CCCC(C)CCCCCCCCCCCC. The van der Waals surface area contributed by atoms with E-state index in [0.29, 0.717) is 0 Å². The zero-order chi connectivity index (χ0) is 35.6. The van der Waals surface area contributed by atoms with Gasteiger partial charge in [-0.25, -0.2) is 0 Å². The van der Waals surface area contributed by atoms with Gasteiger partial charge in [-0.1, -0.05) is 304 Å². The Kier molecular flexibility index (Phi) is 44.2. The van der Waals surface area contributed by atoms with E-state index in [4.69, 9.17) is 0 Å². The van der Waals surface area contributed by atoms with E-state index in [1.165, 1.54) is 276 Å². The predicted molar refractivity (Wildman–Crippen MR) is 228 cm³/mol.